The Morgan fingerprint density at radius 1 is 1.12 bits per heavy atom. The molecule has 3 heterocycles. The Morgan fingerprint density at radius 3 is 2.34 bits per heavy atom. The van der Waals surface area contributed by atoms with E-state index in [1.165, 1.54) is 17.2 Å². The minimum atomic E-state index is -5.65. The van der Waals surface area contributed by atoms with Gasteiger partial charge in [0.15, 0.2) is 12.0 Å². The lowest BCUT2D eigenvalue weighted by molar-refractivity contribution is -0.202. The zero-order valence-electron chi connectivity index (χ0n) is 16.5. The number of nitrogens with zero attached hydrogens (tertiary/aromatic N) is 1. The van der Waals surface area contributed by atoms with Crippen LogP contribution in [0.15, 0.2) is 24.7 Å². The van der Waals surface area contributed by atoms with Crippen LogP contribution in [0.3, 0.4) is 0 Å². The van der Waals surface area contributed by atoms with E-state index in [1.54, 1.807) is 13.8 Å². The molecule has 182 valence electrons. The molecule has 0 bridgehead atoms. The molecule has 2 fully saturated rings. The van der Waals surface area contributed by atoms with Crippen molar-refractivity contribution in [1.82, 2.24) is 10.2 Å². The Labute approximate surface area is 181 Å². The van der Waals surface area contributed by atoms with Crippen molar-refractivity contribution in [1.29, 1.82) is 0 Å². The normalized spacial score (nSPS) is 33.5. The third kappa shape index (κ3) is 6.33. The maximum atomic E-state index is 12.0. The molecule has 19 heteroatoms. The number of hydrogen-bond donors (Lipinski definition) is 5. The van der Waals surface area contributed by atoms with Gasteiger partial charge in [-0.1, -0.05) is 6.58 Å². The van der Waals surface area contributed by atoms with Crippen LogP contribution >= 0.6 is 23.5 Å². The number of carbonyl (C=O) groups excluding carboxylic acids is 1. The number of phosphoric acid groups is 3. The highest BCUT2D eigenvalue weighted by Gasteiger charge is 2.57. The van der Waals surface area contributed by atoms with Gasteiger partial charge >= 0.3 is 23.5 Å². The Hall–Kier alpha value is -0.960. The highest BCUT2D eigenvalue weighted by Crippen LogP contribution is 2.66. The average molecular weight is 522 g/mol. The number of phosphoric ester groups is 1. The van der Waals surface area contributed by atoms with Crippen LogP contribution in [0, 0.1) is 0 Å². The van der Waals surface area contributed by atoms with E-state index in [4.69, 9.17) is 24.0 Å². The lowest BCUT2D eigenvalue weighted by atomic mass is 10.1. The summed E-state index contributed by atoms with van der Waals surface area (Å²) in [4.78, 5) is 48.9. The first-order chi connectivity index (χ1) is 14.5. The fourth-order valence-electron chi connectivity index (χ4n) is 3.21. The van der Waals surface area contributed by atoms with E-state index in [0.717, 1.165) is 0 Å². The van der Waals surface area contributed by atoms with E-state index in [-0.39, 0.29) is 5.82 Å². The summed E-state index contributed by atoms with van der Waals surface area (Å²) in [7, 11) is -16.5. The van der Waals surface area contributed by atoms with Gasteiger partial charge in [0.05, 0.1) is 6.61 Å². The topological polar surface area (TPSA) is 220 Å². The van der Waals surface area contributed by atoms with Gasteiger partial charge in [0.25, 0.3) is 5.91 Å². The monoisotopic (exact) mass is 522 g/mol. The quantitative estimate of drug-likeness (QED) is 0.265. The first-order valence-electron chi connectivity index (χ1n) is 8.73. The van der Waals surface area contributed by atoms with Crippen molar-refractivity contribution in [2.75, 3.05) is 6.61 Å². The van der Waals surface area contributed by atoms with Crippen molar-refractivity contribution < 1.29 is 65.4 Å². The van der Waals surface area contributed by atoms with Crippen molar-refractivity contribution in [2.45, 2.75) is 44.2 Å². The first-order valence-corrected chi connectivity index (χ1v) is 13.2. The van der Waals surface area contributed by atoms with Gasteiger partial charge in [0.2, 0.25) is 0 Å². The molecule has 3 aliphatic heterocycles. The zero-order valence-corrected chi connectivity index (χ0v) is 19.2. The molecule has 0 saturated carbocycles. The number of fused-ring (bicyclic) bond motifs is 1. The van der Waals surface area contributed by atoms with Gasteiger partial charge in [-0.3, -0.25) is 9.32 Å². The van der Waals surface area contributed by atoms with E-state index >= 15 is 0 Å². The van der Waals surface area contributed by atoms with Crippen LogP contribution < -0.4 is 5.32 Å². The SMILES string of the molecule is C=C1NC(=O)C=CN1C1OC(COP(=O)(O)OP(=O)(O)OP(=O)(O)O)C2OC(C)(C)OC21. The number of amides is 1. The van der Waals surface area contributed by atoms with E-state index in [9.17, 15) is 28.3 Å². The van der Waals surface area contributed by atoms with Crippen LogP contribution in [0.5, 0.6) is 0 Å². The van der Waals surface area contributed by atoms with Crippen LogP contribution in [0.2, 0.25) is 0 Å². The molecule has 6 unspecified atom stereocenters. The van der Waals surface area contributed by atoms with Gasteiger partial charge in [-0.25, -0.2) is 13.7 Å². The van der Waals surface area contributed by atoms with Gasteiger partial charge in [-0.05, 0) is 13.8 Å². The largest absolute Gasteiger partial charge is 0.490 e. The summed E-state index contributed by atoms with van der Waals surface area (Å²) >= 11 is 0. The molecule has 0 aromatic carbocycles. The minimum Gasteiger partial charge on any atom is -0.347 e. The molecule has 3 rings (SSSR count). The molecule has 3 aliphatic rings. The van der Waals surface area contributed by atoms with Crippen molar-refractivity contribution in [3.8, 4) is 0 Å². The number of rotatable bonds is 8. The molecule has 0 spiro atoms. The Balaban J connectivity index is 1.71. The van der Waals surface area contributed by atoms with Crippen LogP contribution in [0.4, 0.5) is 0 Å². The second-order valence-corrected chi connectivity index (χ2v) is 11.6. The maximum Gasteiger partial charge on any atom is 0.490 e. The molecule has 1 amide bonds. The Morgan fingerprint density at radius 2 is 1.75 bits per heavy atom. The summed E-state index contributed by atoms with van der Waals surface area (Å²) in [6.07, 6.45) is -0.983. The van der Waals surface area contributed by atoms with Crippen molar-refractivity contribution in [2.24, 2.45) is 0 Å². The second-order valence-electron chi connectivity index (χ2n) is 7.18. The van der Waals surface area contributed by atoms with Crippen LogP contribution in [-0.4, -0.2) is 67.3 Å². The highest BCUT2D eigenvalue weighted by molar-refractivity contribution is 7.66. The lowest BCUT2D eigenvalue weighted by Crippen LogP contribution is -2.46. The summed E-state index contributed by atoms with van der Waals surface area (Å²) in [5.74, 6) is -1.31. The van der Waals surface area contributed by atoms with Crippen molar-refractivity contribution >= 4 is 29.4 Å². The number of ether oxygens (including phenoxy) is 3. The van der Waals surface area contributed by atoms with E-state index in [2.05, 4.69) is 25.0 Å². The predicted octanol–water partition coefficient (Wildman–Crippen LogP) is -0.00860. The van der Waals surface area contributed by atoms with Gasteiger partial charge in [-0.15, -0.1) is 0 Å². The maximum absolute atomic E-state index is 12.0. The number of carbonyl (C=O) groups is 1. The molecule has 0 aromatic heterocycles. The molecular formula is C13H21N2O14P3. The Bertz CT molecular complexity index is 962. The summed E-state index contributed by atoms with van der Waals surface area (Å²) in [6.45, 7) is 6.22. The molecule has 16 nitrogen and oxygen atoms in total. The van der Waals surface area contributed by atoms with Crippen LogP contribution in [0.1, 0.15) is 13.8 Å². The summed E-state index contributed by atoms with van der Waals surface area (Å²) in [5, 5.41) is 2.48. The molecule has 32 heavy (non-hydrogen) atoms. The Kier molecular flexibility index (Phi) is 6.96. The molecule has 0 aromatic rings. The second kappa shape index (κ2) is 8.67. The molecule has 2 saturated heterocycles. The standard InChI is InChI=1S/C13H21N2O14P3/c1-7-14-9(16)4-5-15(7)12-11-10(26-13(2,3)27-11)8(25-12)6-24-31(20,21)29-32(22,23)28-30(17,18)19/h4-5,8,10-12H,1,6H2,2-3H3,(H,14,16)(H,20,21)(H,22,23)(H2,17,18,19). The summed E-state index contributed by atoms with van der Waals surface area (Å²) in [5.41, 5.74) is 0. The fraction of sp³-hybridized carbons (Fsp3) is 0.615. The molecular weight excluding hydrogens is 501 g/mol. The van der Waals surface area contributed by atoms with Crippen LogP contribution in [-0.2, 0) is 45.8 Å². The third-order valence-corrected chi connectivity index (χ3v) is 7.99. The number of hydrogen-bond acceptors (Lipinski definition) is 11. The van der Waals surface area contributed by atoms with Crippen molar-refractivity contribution in [3.63, 3.8) is 0 Å². The third-order valence-electron chi connectivity index (χ3n) is 4.18. The molecule has 6 atom stereocenters. The molecule has 0 radical (unpaired) electrons. The van der Waals surface area contributed by atoms with Gasteiger partial charge in [-0.2, -0.15) is 8.62 Å². The first kappa shape index (κ1) is 25.7. The smallest absolute Gasteiger partial charge is 0.347 e. The van der Waals surface area contributed by atoms with E-state index in [0.29, 0.717) is 0 Å². The van der Waals surface area contributed by atoms with Gasteiger partial charge < -0.3 is 44.0 Å². The van der Waals surface area contributed by atoms with E-state index < -0.39 is 66.3 Å². The summed E-state index contributed by atoms with van der Waals surface area (Å²) < 4.78 is 63.5. The summed E-state index contributed by atoms with van der Waals surface area (Å²) in [6, 6.07) is 0. The van der Waals surface area contributed by atoms with E-state index in [1.807, 2.05) is 0 Å². The van der Waals surface area contributed by atoms with Gasteiger partial charge in [0, 0.05) is 12.3 Å². The van der Waals surface area contributed by atoms with Crippen molar-refractivity contribution in [3.05, 3.63) is 24.7 Å². The van der Waals surface area contributed by atoms with Gasteiger partial charge in [0.1, 0.15) is 24.1 Å². The van der Waals surface area contributed by atoms with Crippen LogP contribution in [0.25, 0.3) is 0 Å². The average Bonchev–Trinajstić information content (AvgIpc) is 3.03. The number of nitrogens with one attached hydrogen (secondary N) is 1. The fourth-order valence-corrected chi connectivity index (χ4v) is 6.24. The highest BCUT2D eigenvalue weighted by atomic mass is 31.3. The lowest BCUT2D eigenvalue weighted by Gasteiger charge is -2.34. The molecule has 5 N–H and O–H groups in total. The minimum absolute atomic E-state index is 0.170. The zero-order chi connectivity index (χ0) is 24.1. The molecule has 0 aliphatic carbocycles. The predicted molar refractivity (Wildman–Crippen MR) is 101 cm³/mol.